The molecule has 6 heteroatoms. The molecule has 0 atom stereocenters. The quantitative estimate of drug-likeness (QED) is 0.501. The van der Waals surface area contributed by atoms with Gasteiger partial charge in [-0.25, -0.2) is 5.43 Å². The highest BCUT2D eigenvalue weighted by Crippen LogP contribution is 2.18. The van der Waals surface area contributed by atoms with Crippen molar-refractivity contribution in [2.45, 2.75) is 13.3 Å². The van der Waals surface area contributed by atoms with Crippen LogP contribution in [-0.2, 0) is 6.42 Å². The monoisotopic (exact) mass is 396 g/mol. The van der Waals surface area contributed by atoms with Crippen LogP contribution in [0.15, 0.2) is 64.2 Å². The molecule has 2 aromatic carbocycles. The SMILES string of the molecule is CCc1ccc(-c2cc(C(=O)NN=Cc3ccc(Br)cc3)[nH]n2)cc1. The number of carbonyl (C=O) groups is 1. The molecule has 0 fully saturated rings. The van der Waals surface area contributed by atoms with Crippen LogP contribution in [0.1, 0.15) is 28.5 Å². The maximum atomic E-state index is 12.1. The lowest BCUT2D eigenvalue weighted by atomic mass is 10.1. The van der Waals surface area contributed by atoms with E-state index in [4.69, 9.17) is 0 Å². The van der Waals surface area contributed by atoms with E-state index in [-0.39, 0.29) is 5.91 Å². The van der Waals surface area contributed by atoms with E-state index in [2.05, 4.69) is 55.7 Å². The molecule has 0 aliphatic rings. The molecule has 0 aliphatic carbocycles. The third kappa shape index (κ3) is 4.42. The molecule has 0 saturated carbocycles. The van der Waals surface area contributed by atoms with E-state index in [0.717, 1.165) is 27.7 Å². The van der Waals surface area contributed by atoms with Gasteiger partial charge in [0.1, 0.15) is 5.69 Å². The largest absolute Gasteiger partial charge is 0.289 e. The summed E-state index contributed by atoms with van der Waals surface area (Å²) >= 11 is 3.37. The van der Waals surface area contributed by atoms with E-state index in [0.29, 0.717) is 5.69 Å². The number of aromatic nitrogens is 2. The first-order chi connectivity index (χ1) is 12.2. The molecule has 0 unspecified atom stereocenters. The highest BCUT2D eigenvalue weighted by atomic mass is 79.9. The van der Waals surface area contributed by atoms with Gasteiger partial charge in [-0.3, -0.25) is 9.89 Å². The topological polar surface area (TPSA) is 70.1 Å². The predicted molar refractivity (Wildman–Crippen MR) is 103 cm³/mol. The van der Waals surface area contributed by atoms with E-state index in [1.807, 2.05) is 36.4 Å². The molecular formula is C19H17BrN4O. The average molecular weight is 397 g/mol. The second-order valence-electron chi connectivity index (χ2n) is 5.47. The maximum Gasteiger partial charge on any atom is 0.289 e. The van der Waals surface area contributed by atoms with Crippen LogP contribution < -0.4 is 5.43 Å². The summed E-state index contributed by atoms with van der Waals surface area (Å²) < 4.78 is 0.991. The Balaban J connectivity index is 1.64. The van der Waals surface area contributed by atoms with Crippen LogP contribution in [0.4, 0.5) is 0 Å². The molecular weight excluding hydrogens is 380 g/mol. The molecule has 5 nitrogen and oxygen atoms in total. The normalized spacial score (nSPS) is 11.0. The molecule has 126 valence electrons. The summed E-state index contributed by atoms with van der Waals surface area (Å²) in [6.45, 7) is 2.11. The van der Waals surface area contributed by atoms with E-state index >= 15 is 0 Å². The number of aryl methyl sites for hydroxylation is 1. The molecule has 0 saturated heterocycles. The highest BCUT2D eigenvalue weighted by molar-refractivity contribution is 9.10. The number of aromatic amines is 1. The Kier molecular flexibility index (Phi) is 5.40. The summed E-state index contributed by atoms with van der Waals surface area (Å²) in [7, 11) is 0. The van der Waals surface area contributed by atoms with Crippen molar-refractivity contribution in [2.24, 2.45) is 5.10 Å². The first-order valence-electron chi connectivity index (χ1n) is 7.89. The van der Waals surface area contributed by atoms with Crippen LogP contribution in [0.2, 0.25) is 0 Å². The van der Waals surface area contributed by atoms with Crippen molar-refractivity contribution in [3.63, 3.8) is 0 Å². The van der Waals surface area contributed by atoms with Crippen LogP contribution in [0.3, 0.4) is 0 Å². The number of benzene rings is 2. The second kappa shape index (κ2) is 7.90. The van der Waals surface area contributed by atoms with Gasteiger partial charge >= 0.3 is 0 Å². The highest BCUT2D eigenvalue weighted by Gasteiger charge is 2.10. The van der Waals surface area contributed by atoms with Crippen molar-refractivity contribution in [3.8, 4) is 11.3 Å². The summed E-state index contributed by atoms with van der Waals surface area (Å²) in [6.07, 6.45) is 2.58. The fourth-order valence-corrected chi connectivity index (χ4v) is 2.54. The van der Waals surface area contributed by atoms with Crippen LogP contribution in [0, 0.1) is 0 Å². The Hall–Kier alpha value is -2.73. The van der Waals surface area contributed by atoms with Crippen molar-refractivity contribution in [2.75, 3.05) is 0 Å². The Morgan fingerprint density at radius 1 is 1.20 bits per heavy atom. The molecule has 1 amide bonds. The Morgan fingerprint density at radius 2 is 1.92 bits per heavy atom. The van der Waals surface area contributed by atoms with Gasteiger partial charge in [-0.15, -0.1) is 0 Å². The van der Waals surface area contributed by atoms with Crippen LogP contribution in [0.5, 0.6) is 0 Å². The molecule has 1 aromatic heterocycles. The van der Waals surface area contributed by atoms with E-state index in [1.165, 1.54) is 5.56 Å². The zero-order chi connectivity index (χ0) is 17.6. The van der Waals surface area contributed by atoms with Gasteiger partial charge in [-0.05, 0) is 35.7 Å². The van der Waals surface area contributed by atoms with Crippen molar-refractivity contribution < 1.29 is 4.79 Å². The minimum Gasteiger partial charge on any atom is -0.272 e. The van der Waals surface area contributed by atoms with Gasteiger partial charge in [0.05, 0.1) is 11.9 Å². The molecule has 0 spiro atoms. The van der Waals surface area contributed by atoms with Crippen molar-refractivity contribution >= 4 is 28.1 Å². The van der Waals surface area contributed by atoms with Crippen LogP contribution in [0.25, 0.3) is 11.3 Å². The Bertz CT molecular complexity index is 883. The second-order valence-corrected chi connectivity index (χ2v) is 6.38. The number of hydrogen-bond acceptors (Lipinski definition) is 3. The minimum atomic E-state index is -0.336. The van der Waals surface area contributed by atoms with E-state index in [9.17, 15) is 4.79 Å². The number of H-pyrrole nitrogens is 1. The van der Waals surface area contributed by atoms with Crippen LogP contribution in [-0.4, -0.2) is 22.3 Å². The van der Waals surface area contributed by atoms with Gasteiger partial charge in [0.2, 0.25) is 0 Å². The first kappa shape index (κ1) is 17.1. The standard InChI is InChI=1S/C19H17BrN4O/c1-2-13-3-7-15(8-4-13)17-11-18(23-22-17)19(25)24-21-12-14-5-9-16(20)10-6-14/h3-12H,2H2,1H3,(H,22,23)(H,24,25). The van der Waals surface area contributed by atoms with E-state index in [1.54, 1.807) is 12.3 Å². The van der Waals surface area contributed by atoms with Gasteiger partial charge in [0.25, 0.3) is 5.91 Å². The Labute approximate surface area is 154 Å². The summed E-state index contributed by atoms with van der Waals surface area (Å²) in [4.78, 5) is 12.1. The third-order valence-electron chi connectivity index (χ3n) is 3.73. The minimum absolute atomic E-state index is 0.336. The zero-order valence-corrected chi connectivity index (χ0v) is 15.2. The molecule has 1 heterocycles. The fourth-order valence-electron chi connectivity index (χ4n) is 2.27. The predicted octanol–water partition coefficient (Wildman–Crippen LogP) is 4.17. The lowest BCUT2D eigenvalue weighted by molar-refractivity contribution is 0.0950. The molecule has 0 radical (unpaired) electrons. The summed E-state index contributed by atoms with van der Waals surface area (Å²) in [6, 6.07) is 17.5. The zero-order valence-electron chi connectivity index (χ0n) is 13.7. The summed E-state index contributed by atoms with van der Waals surface area (Å²) in [5.74, 6) is -0.336. The van der Waals surface area contributed by atoms with Gasteiger partial charge in [-0.2, -0.15) is 10.2 Å². The number of nitrogens with zero attached hydrogens (tertiary/aromatic N) is 2. The smallest absolute Gasteiger partial charge is 0.272 e. The molecule has 0 aliphatic heterocycles. The number of carbonyl (C=O) groups excluding carboxylic acids is 1. The number of hydrazone groups is 1. The van der Waals surface area contributed by atoms with Gasteiger partial charge in [-0.1, -0.05) is 59.3 Å². The fraction of sp³-hybridized carbons (Fsp3) is 0.105. The first-order valence-corrected chi connectivity index (χ1v) is 8.68. The number of amides is 1. The third-order valence-corrected chi connectivity index (χ3v) is 4.26. The maximum absolute atomic E-state index is 12.1. The molecule has 25 heavy (non-hydrogen) atoms. The van der Waals surface area contributed by atoms with Gasteiger partial charge < -0.3 is 0 Å². The van der Waals surface area contributed by atoms with Gasteiger partial charge in [0.15, 0.2) is 0 Å². The lowest BCUT2D eigenvalue weighted by Gasteiger charge is -1.98. The van der Waals surface area contributed by atoms with E-state index < -0.39 is 0 Å². The molecule has 3 rings (SSSR count). The van der Waals surface area contributed by atoms with Crippen LogP contribution >= 0.6 is 15.9 Å². The lowest BCUT2D eigenvalue weighted by Crippen LogP contribution is -2.17. The number of rotatable bonds is 5. The number of nitrogens with one attached hydrogen (secondary N) is 2. The van der Waals surface area contributed by atoms with Crippen molar-refractivity contribution in [1.29, 1.82) is 0 Å². The summed E-state index contributed by atoms with van der Waals surface area (Å²) in [5, 5.41) is 10.9. The number of halogens is 1. The molecule has 0 bridgehead atoms. The summed E-state index contributed by atoms with van der Waals surface area (Å²) in [5.41, 5.74) is 6.70. The average Bonchev–Trinajstić information content (AvgIpc) is 3.13. The Morgan fingerprint density at radius 3 is 2.60 bits per heavy atom. The molecule has 2 N–H and O–H groups in total. The van der Waals surface area contributed by atoms with Crippen molar-refractivity contribution in [3.05, 3.63) is 75.9 Å². The molecule has 3 aromatic rings. The number of hydrogen-bond donors (Lipinski definition) is 2. The van der Waals surface area contributed by atoms with Crippen molar-refractivity contribution in [1.82, 2.24) is 15.6 Å². The van der Waals surface area contributed by atoms with Gasteiger partial charge in [0, 0.05) is 10.0 Å².